The number of hydrogen-bond acceptors (Lipinski definition) is 5. The molecular weight excluding hydrogens is 301 g/mol. The molecule has 1 N–H and O–H groups in total. The number of nitrogens with zero attached hydrogens (tertiary/aromatic N) is 2. The normalized spacial score (nSPS) is 29.1. The van der Waals surface area contributed by atoms with Gasteiger partial charge < -0.3 is 19.5 Å². The number of hydrogen-bond donors (Lipinski definition) is 1. The van der Waals surface area contributed by atoms with Gasteiger partial charge in [-0.3, -0.25) is 0 Å². The summed E-state index contributed by atoms with van der Waals surface area (Å²) in [4.78, 5) is 7.06. The van der Waals surface area contributed by atoms with E-state index < -0.39 is 0 Å². The van der Waals surface area contributed by atoms with E-state index in [1.165, 1.54) is 0 Å². The lowest BCUT2D eigenvalue weighted by atomic mass is 9.77. The fraction of sp³-hybridized carbons (Fsp3) is 0.722. The molecule has 0 bridgehead atoms. The SMILES string of the molecule is Cc1cc(N2C[C@@H](C)N[C@@H](C)C2)ncc1B1OC(C)(C)C(C)(C)O1. The summed E-state index contributed by atoms with van der Waals surface area (Å²) in [5, 5.41) is 3.56. The van der Waals surface area contributed by atoms with E-state index in [9.17, 15) is 0 Å². The Morgan fingerprint density at radius 2 is 1.67 bits per heavy atom. The van der Waals surface area contributed by atoms with Gasteiger partial charge in [0.2, 0.25) is 0 Å². The first-order valence-corrected chi connectivity index (χ1v) is 8.92. The fourth-order valence-electron chi connectivity index (χ4n) is 3.46. The Morgan fingerprint density at radius 3 is 2.17 bits per heavy atom. The summed E-state index contributed by atoms with van der Waals surface area (Å²) in [6.07, 6.45) is 1.92. The van der Waals surface area contributed by atoms with Crippen molar-refractivity contribution in [3.05, 3.63) is 17.8 Å². The van der Waals surface area contributed by atoms with Crippen molar-refractivity contribution in [1.82, 2.24) is 10.3 Å². The number of rotatable bonds is 2. The average molecular weight is 331 g/mol. The molecule has 1 aromatic rings. The Balaban J connectivity index is 1.81. The second-order valence-corrected chi connectivity index (χ2v) is 8.36. The van der Waals surface area contributed by atoms with Crippen LogP contribution >= 0.6 is 0 Å². The maximum atomic E-state index is 6.16. The molecular formula is C18H30BN3O2. The van der Waals surface area contributed by atoms with Crippen molar-refractivity contribution in [3.63, 3.8) is 0 Å². The largest absolute Gasteiger partial charge is 0.496 e. The Kier molecular flexibility index (Phi) is 4.43. The van der Waals surface area contributed by atoms with Gasteiger partial charge in [-0.15, -0.1) is 0 Å². The van der Waals surface area contributed by atoms with Crippen molar-refractivity contribution in [3.8, 4) is 0 Å². The summed E-state index contributed by atoms with van der Waals surface area (Å²) in [6, 6.07) is 3.10. The molecule has 2 atom stereocenters. The van der Waals surface area contributed by atoms with E-state index in [2.05, 4.69) is 64.7 Å². The third kappa shape index (κ3) is 3.19. The lowest BCUT2D eigenvalue weighted by Crippen LogP contribution is -2.54. The molecule has 0 unspecified atom stereocenters. The number of aromatic nitrogens is 1. The molecule has 2 aliphatic rings. The second kappa shape index (κ2) is 6.01. The Morgan fingerprint density at radius 1 is 1.12 bits per heavy atom. The molecule has 0 amide bonds. The van der Waals surface area contributed by atoms with Crippen LogP contribution in [0.1, 0.15) is 47.1 Å². The Labute approximate surface area is 146 Å². The van der Waals surface area contributed by atoms with Crippen molar-refractivity contribution < 1.29 is 9.31 Å². The van der Waals surface area contributed by atoms with Crippen molar-refractivity contribution >= 4 is 18.4 Å². The summed E-state index contributed by atoms with van der Waals surface area (Å²) >= 11 is 0. The number of pyridine rings is 1. The quantitative estimate of drug-likeness (QED) is 0.839. The van der Waals surface area contributed by atoms with E-state index in [-0.39, 0.29) is 18.3 Å². The molecule has 0 aliphatic carbocycles. The zero-order chi connectivity index (χ0) is 17.7. The van der Waals surface area contributed by atoms with Crippen LogP contribution in [0.15, 0.2) is 12.3 Å². The molecule has 0 radical (unpaired) electrons. The van der Waals surface area contributed by atoms with E-state index in [0.29, 0.717) is 12.1 Å². The topological polar surface area (TPSA) is 46.6 Å². The van der Waals surface area contributed by atoms with Gasteiger partial charge in [-0.05, 0) is 60.1 Å². The third-order valence-electron chi connectivity index (χ3n) is 5.53. The molecule has 5 nitrogen and oxygen atoms in total. The van der Waals surface area contributed by atoms with Crippen LogP contribution in [0.2, 0.25) is 0 Å². The third-order valence-corrected chi connectivity index (χ3v) is 5.53. The predicted molar refractivity (Wildman–Crippen MR) is 99.0 cm³/mol. The van der Waals surface area contributed by atoms with Gasteiger partial charge in [-0.2, -0.15) is 0 Å². The number of aryl methyl sites for hydroxylation is 1. The van der Waals surface area contributed by atoms with Gasteiger partial charge in [0.25, 0.3) is 0 Å². The van der Waals surface area contributed by atoms with Crippen LogP contribution in [0.3, 0.4) is 0 Å². The molecule has 0 aromatic carbocycles. The minimum absolute atomic E-state index is 0.327. The van der Waals surface area contributed by atoms with E-state index in [0.717, 1.165) is 29.9 Å². The van der Waals surface area contributed by atoms with E-state index in [1.807, 2.05) is 6.20 Å². The summed E-state index contributed by atoms with van der Waals surface area (Å²) in [7, 11) is -0.350. The average Bonchev–Trinajstić information content (AvgIpc) is 2.66. The molecule has 24 heavy (non-hydrogen) atoms. The summed E-state index contributed by atoms with van der Waals surface area (Å²) < 4.78 is 12.3. The van der Waals surface area contributed by atoms with Crippen LogP contribution in [-0.4, -0.2) is 48.5 Å². The van der Waals surface area contributed by atoms with Crippen LogP contribution in [0.4, 0.5) is 5.82 Å². The Hall–Kier alpha value is -1.11. The minimum Gasteiger partial charge on any atom is -0.399 e. The van der Waals surface area contributed by atoms with E-state index >= 15 is 0 Å². The summed E-state index contributed by atoms with van der Waals surface area (Å²) in [6.45, 7) is 16.8. The number of piperazine rings is 1. The first-order valence-electron chi connectivity index (χ1n) is 8.92. The standard InChI is InChI=1S/C18H30BN3O2/c1-12-8-16(22-10-13(2)21-14(3)11-22)20-9-15(12)19-23-17(4,5)18(6,7)24-19/h8-9,13-14,21H,10-11H2,1-7H3/t13-,14+. The van der Waals surface area contributed by atoms with Crippen LogP contribution in [0.5, 0.6) is 0 Å². The van der Waals surface area contributed by atoms with Gasteiger partial charge >= 0.3 is 7.12 Å². The molecule has 2 saturated heterocycles. The van der Waals surface area contributed by atoms with E-state index in [1.54, 1.807) is 0 Å². The van der Waals surface area contributed by atoms with Gasteiger partial charge in [-0.1, -0.05) is 0 Å². The molecule has 0 saturated carbocycles. The zero-order valence-electron chi connectivity index (χ0n) is 16.0. The minimum atomic E-state index is -0.350. The number of nitrogens with one attached hydrogen (secondary N) is 1. The summed E-state index contributed by atoms with van der Waals surface area (Å²) in [5.74, 6) is 1.04. The first kappa shape index (κ1) is 17.7. The van der Waals surface area contributed by atoms with Crippen molar-refractivity contribution in [2.75, 3.05) is 18.0 Å². The van der Waals surface area contributed by atoms with Gasteiger partial charge in [0.15, 0.2) is 0 Å². The lowest BCUT2D eigenvalue weighted by Gasteiger charge is -2.37. The Bertz CT molecular complexity index is 594. The summed E-state index contributed by atoms with van der Waals surface area (Å²) in [5.41, 5.74) is 1.53. The molecule has 2 aliphatic heterocycles. The van der Waals surface area contributed by atoms with Crippen LogP contribution in [0, 0.1) is 6.92 Å². The van der Waals surface area contributed by atoms with Gasteiger partial charge in [0.05, 0.1) is 11.2 Å². The monoisotopic (exact) mass is 331 g/mol. The van der Waals surface area contributed by atoms with Crippen molar-refractivity contribution in [2.45, 2.75) is 71.8 Å². The first-order chi connectivity index (χ1) is 11.1. The van der Waals surface area contributed by atoms with Crippen molar-refractivity contribution in [2.24, 2.45) is 0 Å². The van der Waals surface area contributed by atoms with Crippen LogP contribution < -0.4 is 15.7 Å². The zero-order valence-corrected chi connectivity index (χ0v) is 16.0. The molecule has 3 rings (SSSR count). The lowest BCUT2D eigenvalue weighted by molar-refractivity contribution is 0.00578. The van der Waals surface area contributed by atoms with Crippen LogP contribution in [-0.2, 0) is 9.31 Å². The van der Waals surface area contributed by atoms with E-state index in [4.69, 9.17) is 14.3 Å². The van der Waals surface area contributed by atoms with Crippen molar-refractivity contribution in [1.29, 1.82) is 0 Å². The fourth-order valence-corrected chi connectivity index (χ4v) is 3.46. The molecule has 132 valence electrons. The van der Waals surface area contributed by atoms with Gasteiger partial charge in [0.1, 0.15) is 5.82 Å². The molecule has 1 aromatic heterocycles. The van der Waals surface area contributed by atoms with Gasteiger partial charge in [-0.25, -0.2) is 4.98 Å². The molecule has 0 spiro atoms. The highest BCUT2D eigenvalue weighted by Crippen LogP contribution is 2.36. The molecule has 6 heteroatoms. The smallest absolute Gasteiger partial charge is 0.399 e. The highest BCUT2D eigenvalue weighted by atomic mass is 16.7. The maximum Gasteiger partial charge on any atom is 0.496 e. The highest BCUT2D eigenvalue weighted by Gasteiger charge is 2.52. The molecule has 3 heterocycles. The molecule has 2 fully saturated rings. The number of anilines is 1. The van der Waals surface area contributed by atoms with Gasteiger partial charge in [0, 0.05) is 36.8 Å². The van der Waals surface area contributed by atoms with Crippen LogP contribution in [0.25, 0.3) is 0 Å². The maximum absolute atomic E-state index is 6.16. The highest BCUT2D eigenvalue weighted by molar-refractivity contribution is 6.62. The predicted octanol–water partition coefficient (Wildman–Crippen LogP) is 1.88. The second-order valence-electron chi connectivity index (χ2n) is 8.36.